The minimum absolute atomic E-state index is 0.0447. The first-order chi connectivity index (χ1) is 14.3. The predicted octanol–water partition coefficient (Wildman–Crippen LogP) is 2.61. The van der Waals surface area contributed by atoms with E-state index in [9.17, 15) is 22.8 Å². The second-order valence-corrected chi connectivity index (χ2v) is 7.24. The van der Waals surface area contributed by atoms with Crippen molar-refractivity contribution in [3.63, 3.8) is 0 Å². The Labute approximate surface area is 169 Å². The number of hydrogen-bond acceptors (Lipinski definition) is 5. The number of hydrogen-bond donors (Lipinski definition) is 2. The monoisotopic (exact) mass is 416 g/mol. The van der Waals surface area contributed by atoms with Crippen LogP contribution in [0.1, 0.15) is 11.1 Å². The number of alkyl halides is 3. The van der Waals surface area contributed by atoms with Crippen molar-refractivity contribution >= 4 is 29.0 Å². The van der Waals surface area contributed by atoms with Gasteiger partial charge in [-0.25, -0.2) is 9.79 Å². The first-order valence-corrected chi connectivity index (χ1v) is 9.31. The number of nitrogens with zero attached hydrogens (tertiary/aromatic N) is 3. The van der Waals surface area contributed by atoms with E-state index in [1.807, 2.05) is 30.3 Å². The summed E-state index contributed by atoms with van der Waals surface area (Å²) in [5, 5.41) is 5.51. The van der Waals surface area contributed by atoms with Crippen molar-refractivity contribution in [2.75, 3.05) is 18.0 Å². The van der Waals surface area contributed by atoms with E-state index in [0.29, 0.717) is 18.8 Å². The molecule has 0 aliphatic carbocycles. The van der Waals surface area contributed by atoms with Crippen LogP contribution < -0.4 is 15.5 Å². The molecule has 7 nitrogen and oxygen atoms in total. The van der Waals surface area contributed by atoms with Crippen molar-refractivity contribution in [1.82, 2.24) is 15.5 Å². The summed E-state index contributed by atoms with van der Waals surface area (Å²) in [6, 6.07) is 12.1. The summed E-state index contributed by atoms with van der Waals surface area (Å²) >= 11 is 0. The molecule has 0 aromatic heterocycles. The molecule has 0 radical (unpaired) electrons. The highest BCUT2D eigenvalue weighted by Crippen LogP contribution is 2.45. The second kappa shape index (κ2) is 6.30. The molecule has 3 aliphatic heterocycles. The molecule has 2 aromatic carbocycles. The Morgan fingerprint density at radius 1 is 1.07 bits per heavy atom. The highest BCUT2D eigenvalue weighted by Gasteiger charge is 2.60. The molecular formula is C20H16F3N5O2. The summed E-state index contributed by atoms with van der Waals surface area (Å²) in [5.41, 5.74) is 0.492. The SMILES string of the molecule is O=C1NC(=O)N2CCN3c4ccc(C(F)(F)F)cc4N=[13C]1C23NCc1ccccc1. The Balaban J connectivity index is 1.64. The van der Waals surface area contributed by atoms with Crippen molar-refractivity contribution in [1.29, 1.82) is 0 Å². The van der Waals surface area contributed by atoms with Crippen LogP contribution in [0.25, 0.3) is 0 Å². The van der Waals surface area contributed by atoms with Crippen LogP contribution in [-0.4, -0.2) is 41.4 Å². The van der Waals surface area contributed by atoms with Crippen molar-refractivity contribution in [2.24, 2.45) is 4.99 Å². The summed E-state index contributed by atoms with van der Waals surface area (Å²) in [7, 11) is 0. The van der Waals surface area contributed by atoms with E-state index in [2.05, 4.69) is 15.6 Å². The fraction of sp³-hybridized carbons (Fsp3) is 0.250. The number of nitrogens with one attached hydrogen (secondary N) is 2. The highest BCUT2D eigenvalue weighted by molar-refractivity contribution is 6.47. The molecule has 5 rings (SSSR count). The lowest BCUT2D eigenvalue weighted by molar-refractivity contribution is -0.137. The van der Waals surface area contributed by atoms with Gasteiger partial charge in [0.1, 0.15) is 0 Å². The molecule has 3 amide bonds. The number of urea groups is 1. The number of fused-ring (bicyclic) bond motifs is 2. The summed E-state index contributed by atoms with van der Waals surface area (Å²) in [6.07, 6.45) is -4.53. The molecule has 2 aromatic rings. The number of carbonyl (C=O) groups is 2. The van der Waals surface area contributed by atoms with Gasteiger partial charge in [0.05, 0.1) is 16.9 Å². The minimum Gasteiger partial charge on any atom is -0.327 e. The zero-order valence-electron chi connectivity index (χ0n) is 15.5. The molecular weight excluding hydrogens is 400 g/mol. The third kappa shape index (κ3) is 2.60. The number of carbonyl (C=O) groups excluding carboxylic acids is 2. The second-order valence-electron chi connectivity index (χ2n) is 7.24. The molecule has 30 heavy (non-hydrogen) atoms. The number of halogens is 3. The molecule has 2 N–H and O–H groups in total. The Morgan fingerprint density at radius 3 is 2.53 bits per heavy atom. The molecule has 1 unspecified atom stereocenters. The van der Waals surface area contributed by atoms with Gasteiger partial charge in [-0.05, 0) is 23.8 Å². The predicted molar refractivity (Wildman–Crippen MR) is 102 cm³/mol. The van der Waals surface area contributed by atoms with Gasteiger partial charge in [-0.1, -0.05) is 30.3 Å². The van der Waals surface area contributed by atoms with Crippen molar-refractivity contribution in [3.8, 4) is 0 Å². The van der Waals surface area contributed by atoms with Crippen LogP contribution >= 0.6 is 0 Å². The fourth-order valence-electron chi connectivity index (χ4n) is 4.21. The third-order valence-electron chi connectivity index (χ3n) is 5.55. The van der Waals surface area contributed by atoms with E-state index >= 15 is 0 Å². The number of aliphatic imine (C=N–C) groups is 1. The van der Waals surface area contributed by atoms with Crippen molar-refractivity contribution in [3.05, 3.63) is 59.7 Å². The maximum atomic E-state index is 13.2. The lowest BCUT2D eigenvalue weighted by Gasteiger charge is -2.49. The molecule has 10 heteroatoms. The van der Waals surface area contributed by atoms with Crippen LogP contribution in [0.2, 0.25) is 0 Å². The van der Waals surface area contributed by atoms with Gasteiger partial charge in [0, 0.05) is 19.6 Å². The molecule has 2 fully saturated rings. The maximum Gasteiger partial charge on any atom is 0.416 e. The van der Waals surface area contributed by atoms with Crippen molar-refractivity contribution < 1.29 is 22.8 Å². The number of anilines is 1. The Kier molecular flexibility index (Phi) is 3.91. The summed E-state index contributed by atoms with van der Waals surface area (Å²) < 4.78 is 39.6. The number of rotatable bonds is 3. The van der Waals surface area contributed by atoms with Crippen LogP contribution in [0.4, 0.5) is 29.3 Å². The standard InChI is InChI=1S/C20H16F3N5O2/c21-19(22,23)13-6-7-15-14(10-13)25-16-17(29)26-18(30)28-9-8-27(15)20(16,28)24-11-12-4-2-1-3-5-12/h1-7,10,24H,8-9,11H2,(H,26,29,30)/i16+1. The largest absolute Gasteiger partial charge is 0.416 e. The smallest absolute Gasteiger partial charge is 0.327 e. The van der Waals surface area contributed by atoms with Crippen LogP contribution in [0.3, 0.4) is 0 Å². The van der Waals surface area contributed by atoms with Gasteiger partial charge in [-0.2, -0.15) is 13.2 Å². The lowest BCUT2D eigenvalue weighted by Crippen LogP contribution is -2.77. The summed E-state index contributed by atoms with van der Waals surface area (Å²) in [4.78, 5) is 32.7. The fourth-order valence-corrected chi connectivity index (χ4v) is 4.21. The van der Waals surface area contributed by atoms with Crippen LogP contribution in [0.5, 0.6) is 0 Å². The van der Waals surface area contributed by atoms with Gasteiger partial charge in [-0.3, -0.25) is 20.3 Å². The summed E-state index contributed by atoms with van der Waals surface area (Å²) in [6.45, 7) is 0.934. The van der Waals surface area contributed by atoms with Gasteiger partial charge >= 0.3 is 12.2 Å². The number of amides is 3. The molecule has 154 valence electrons. The molecule has 0 bridgehead atoms. The van der Waals surface area contributed by atoms with E-state index in [4.69, 9.17) is 0 Å². The Hall–Kier alpha value is -3.40. The number of benzene rings is 2. The molecule has 3 heterocycles. The lowest BCUT2D eigenvalue weighted by atomic mass is 10.1. The molecule has 3 aliphatic rings. The van der Waals surface area contributed by atoms with E-state index in [1.165, 1.54) is 11.0 Å². The third-order valence-corrected chi connectivity index (χ3v) is 5.55. The van der Waals surface area contributed by atoms with Crippen molar-refractivity contribution in [2.45, 2.75) is 18.5 Å². The van der Waals surface area contributed by atoms with E-state index in [-0.39, 0.29) is 17.9 Å². The van der Waals surface area contributed by atoms with E-state index in [1.54, 1.807) is 4.90 Å². The molecule has 2 saturated heterocycles. The minimum atomic E-state index is -4.53. The average molecular weight is 416 g/mol. The van der Waals surface area contributed by atoms with Gasteiger partial charge in [0.2, 0.25) is 5.79 Å². The van der Waals surface area contributed by atoms with Gasteiger partial charge < -0.3 is 4.90 Å². The normalized spacial score (nSPS) is 22.4. The molecule has 0 saturated carbocycles. The number of imide groups is 1. The Bertz CT molecular complexity index is 1090. The first kappa shape index (κ1) is 18.6. The maximum absolute atomic E-state index is 13.2. The highest BCUT2D eigenvalue weighted by atomic mass is 19.4. The van der Waals surface area contributed by atoms with E-state index < -0.39 is 29.5 Å². The van der Waals surface area contributed by atoms with Gasteiger partial charge in [0.25, 0.3) is 5.91 Å². The van der Waals surface area contributed by atoms with Crippen LogP contribution in [-0.2, 0) is 17.5 Å². The van der Waals surface area contributed by atoms with Crippen LogP contribution in [0, 0.1) is 0 Å². The Morgan fingerprint density at radius 2 is 1.80 bits per heavy atom. The topological polar surface area (TPSA) is 77.0 Å². The van der Waals surface area contributed by atoms with Gasteiger partial charge in [0.15, 0.2) is 5.71 Å². The zero-order valence-corrected chi connectivity index (χ0v) is 15.5. The average Bonchev–Trinajstić information content (AvgIpc) is 3.11. The first-order valence-electron chi connectivity index (χ1n) is 9.31. The van der Waals surface area contributed by atoms with E-state index in [0.717, 1.165) is 17.7 Å². The zero-order chi connectivity index (χ0) is 21.1. The quantitative estimate of drug-likeness (QED) is 0.755. The molecule has 0 spiro atoms. The summed E-state index contributed by atoms with van der Waals surface area (Å²) in [5.74, 6) is -2.09. The molecule has 1 atom stereocenters. The van der Waals surface area contributed by atoms with Gasteiger partial charge in [-0.15, -0.1) is 0 Å². The van der Waals surface area contributed by atoms with Crippen LogP contribution in [0.15, 0.2) is 53.5 Å².